The van der Waals surface area contributed by atoms with Crippen LogP contribution in [0.3, 0.4) is 0 Å². The van der Waals surface area contributed by atoms with Crippen molar-refractivity contribution in [1.82, 2.24) is 5.32 Å². The van der Waals surface area contributed by atoms with E-state index in [1.807, 2.05) is 30.3 Å². The monoisotopic (exact) mass is 366 g/mol. The maximum atomic E-state index is 12.5. The van der Waals surface area contributed by atoms with Gasteiger partial charge in [-0.2, -0.15) is 0 Å². The van der Waals surface area contributed by atoms with Crippen molar-refractivity contribution in [2.45, 2.75) is 19.3 Å². The Morgan fingerprint density at radius 1 is 1.11 bits per heavy atom. The fourth-order valence-electron chi connectivity index (χ4n) is 3.20. The summed E-state index contributed by atoms with van der Waals surface area (Å²) in [6, 6.07) is 16.2. The Morgan fingerprint density at radius 2 is 1.89 bits per heavy atom. The summed E-state index contributed by atoms with van der Waals surface area (Å²) in [4.78, 5) is 37.5. The average molecular weight is 366 g/mol. The average Bonchev–Trinajstić information content (AvgIpc) is 3.11. The van der Waals surface area contributed by atoms with Gasteiger partial charge in [0.1, 0.15) is 0 Å². The van der Waals surface area contributed by atoms with Crippen molar-refractivity contribution in [1.29, 1.82) is 0 Å². The van der Waals surface area contributed by atoms with Crippen molar-refractivity contribution in [2.75, 3.05) is 18.0 Å². The summed E-state index contributed by atoms with van der Waals surface area (Å²) in [5, 5.41) is 12.1. The number of hydrogen-bond donors (Lipinski definition) is 2. The van der Waals surface area contributed by atoms with Gasteiger partial charge in [-0.15, -0.1) is 0 Å². The summed E-state index contributed by atoms with van der Waals surface area (Å²) in [5.74, 6) is -1.94. The number of hydrogen-bond acceptors (Lipinski definition) is 3. The molecule has 140 valence electrons. The van der Waals surface area contributed by atoms with Crippen LogP contribution in [0, 0.1) is 5.92 Å². The molecule has 0 aliphatic carbocycles. The van der Waals surface area contributed by atoms with Crippen molar-refractivity contribution in [3.8, 4) is 0 Å². The van der Waals surface area contributed by atoms with E-state index in [1.165, 1.54) is 0 Å². The molecule has 27 heavy (non-hydrogen) atoms. The van der Waals surface area contributed by atoms with Gasteiger partial charge in [-0.25, -0.2) is 0 Å². The second-order valence-electron chi connectivity index (χ2n) is 6.63. The first-order valence-electron chi connectivity index (χ1n) is 9.00. The minimum atomic E-state index is -0.949. The number of amides is 2. The van der Waals surface area contributed by atoms with Crippen LogP contribution in [0.4, 0.5) is 5.69 Å². The number of aliphatic carboxylic acids is 1. The SMILES string of the molecule is O=C(NCC(Cc1ccccc1)C(=O)O)c1cccc(N2CCCC2=O)c1. The zero-order chi connectivity index (χ0) is 19.2. The molecule has 0 radical (unpaired) electrons. The molecule has 6 heteroatoms. The van der Waals surface area contributed by atoms with Crippen LogP contribution in [0.25, 0.3) is 0 Å². The third-order valence-electron chi connectivity index (χ3n) is 4.68. The molecule has 2 aromatic rings. The van der Waals surface area contributed by atoms with Crippen LogP contribution in [0.2, 0.25) is 0 Å². The maximum Gasteiger partial charge on any atom is 0.308 e. The minimum Gasteiger partial charge on any atom is -0.481 e. The van der Waals surface area contributed by atoms with Gasteiger partial charge in [-0.1, -0.05) is 36.4 Å². The van der Waals surface area contributed by atoms with Gasteiger partial charge in [0.25, 0.3) is 5.91 Å². The number of carbonyl (C=O) groups is 3. The first kappa shape index (κ1) is 18.6. The molecule has 2 aromatic carbocycles. The molecule has 2 N–H and O–H groups in total. The summed E-state index contributed by atoms with van der Waals surface area (Å²) in [6.45, 7) is 0.692. The van der Waals surface area contributed by atoms with Gasteiger partial charge in [0.2, 0.25) is 5.91 Å². The highest BCUT2D eigenvalue weighted by molar-refractivity contribution is 5.99. The van der Waals surface area contributed by atoms with E-state index in [9.17, 15) is 19.5 Å². The highest BCUT2D eigenvalue weighted by Gasteiger charge is 2.23. The van der Waals surface area contributed by atoms with Crippen LogP contribution >= 0.6 is 0 Å². The summed E-state index contributed by atoms with van der Waals surface area (Å²) in [7, 11) is 0. The third-order valence-corrected chi connectivity index (χ3v) is 4.68. The molecule has 0 bridgehead atoms. The fourth-order valence-corrected chi connectivity index (χ4v) is 3.20. The Morgan fingerprint density at radius 3 is 2.56 bits per heavy atom. The van der Waals surface area contributed by atoms with E-state index >= 15 is 0 Å². The molecule has 0 saturated carbocycles. The quantitative estimate of drug-likeness (QED) is 0.788. The third kappa shape index (κ3) is 4.73. The van der Waals surface area contributed by atoms with Crippen LogP contribution in [0.5, 0.6) is 0 Å². The highest BCUT2D eigenvalue weighted by atomic mass is 16.4. The van der Waals surface area contributed by atoms with E-state index in [0.717, 1.165) is 12.0 Å². The Bertz CT molecular complexity index is 835. The van der Waals surface area contributed by atoms with Gasteiger partial charge in [-0.3, -0.25) is 14.4 Å². The predicted octanol–water partition coefficient (Wildman–Crippen LogP) is 2.49. The Hall–Kier alpha value is -3.15. The number of rotatable bonds is 7. The molecule has 1 aliphatic rings. The molecular weight excluding hydrogens is 344 g/mol. The van der Waals surface area contributed by atoms with E-state index in [-0.39, 0.29) is 18.4 Å². The van der Waals surface area contributed by atoms with Gasteiger partial charge < -0.3 is 15.3 Å². The molecule has 2 amide bonds. The van der Waals surface area contributed by atoms with Crippen molar-refractivity contribution in [2.24, 2.45) is 5.92 Å². The Balaban J connectivity index is 1.64. The molecule has 1 fully saturated rings. The number of nitrogens with one attached hydrogen (secondary N) is 1. The van der Waals surface area contributed by atoms with Crippen LogP contribution in [-0.4, -0.2) is 36.0 Å². The van der Waals surface area contributed by atoms with Gasteiger partial charge >= 0.3 is 5.97 Å². The van der Waals surface area contributed by atoms with E-state index < -0.39 is 11.9 Å². The number of carboxylic acids is 1. The van der Waals surface area contributed by atoms with Crippen molar-refractivity contribution in [3.63, 3.8) is 0 Å². The molecule has 6 nitrogen and oxygen atoms in total. The number of anilines is 1. The molecular formula is C21H22N2O4. The number of carboxylic acid groups (broad SMARTS) is 1. The zero-order valence-corrected chi connectivity index (χ0v) is 14.9. The topological polar surface area (TPSA) is 86.7 Å². The fraction of sp³-hybridized carbons (Fsp3) is 0.286. The molecule has 1 unspecified atom stereocenters. The molecule has 1 aliphatic heterocycles. The summed E-state index contributed by atoms with van der Waals surface area (Å²) in [6.07, 6.45) is 1.68. The number of benzene rings is 2. The number of carbonyl (C=O) groups excluding carboxylic acids is 2. The van der Waals surface area contributed by atoms with E-state index in [1.54, 1.807) is 29.2 Å². The van der Waals surface area contributed by atoms with E-state index in [4.69, 9.17) is 0 Å². The van der Waals surface area contributed by atoms with E-state index in [0.29, 0.717) is 30.6 Å². The molecule has 3 rings (SSSR count). The second-order valence-corrected chi connectivity index (χ2v) is 6.63. The van der Waals surface area contributed by atoms with Gasteiger partial charge in [0, 0.05) is 30.8 Å². The first-order valence-corrected chi connectivity index (χ1v) is 9.00. The summed E-state index contributed by atoms with van der Waals surface area (Å²) < 4.78 is 0. The van der Waals surface area contributed by atoms with Crippen molar-refractivity contribution >= 4 is 23.5 Å². The molecule has 1 saturated heterocycles. The lowest BCUT2D eigenvalue weighted by atomic mass is 9.99. The first-order chi connectivity index (χ1) is 13.0. The van der Waals surface area contributed by atoms with Crippen LogP contribution in [-0.2, 0) is 16.0 Å². The van der Waals surface area contributed by atoms with Gasteiger partial charge in [-0.05, 0) is 36.6 Å². The Labute approximate surface area is 157 Å². The van der Waals surface area contributed by atoms with Crippen molar-refractivity contribution in [3.05, 3.63) is 65.7 Å². The van der Waals surface area contributed by atoms with Gasteiger partial charge in [0.05, 0.1) is 5.92 Å². The normalized spacial score (nSPS) is 14.8. The molecule has 0 spiro atoms. The zero-order valence-electron chi connectivity index (χ0n) is 14.9. The highest BCUT2D eigenvalue weighted by Crippen LogP contribution is 2.22. The van der Waals surface area contributed by atoms with Crippen LogP contribution in [0.1, 0.15) is 28.8 Å². The molecule has 1 heterocycles. The lowest BCUT2D eigenvalue weighted by Crippen LogP contribution is -2.34. The standard InChI is InChI=1S/C21H22N2O4/c24-19-10-5-11-23(19)18-9-4-8-16(13-18)20(25)22-14-17(21(26)27)12-15-6-2-1-3-7-15/h1-4,6-9,13,17H,5,10-12,14H2,(H,22,25)(H,26,27). The molecule has 1 atom stereocenters. The lowest BCUT2D eigenvalue weighted by Gasteiger charge is -2.17. The smallest absolute Gasteiger partial charge is 0.308 e. The Kier molecular flexibility index (Phi) is 5.86. The number of nitrogens with zero attached hydrogens (tertiary/aromatic N) is 1. The second kappa shape index (κ2) is 8.49. The minimum absolute atomic E-state index is 0.0376. The van der Waals surface area contributed by atoms with Crippen molar-refractivity contribution < 1.29 is 19.5 Å². The van der Waals surface area contributed by atoms with E-state index in [2.05, 4.69) is 5.32 Å². The predicted molar refractivity (Wildman–Crippen MR) is 102 cm³/mol. The summed E-state index contributed by atoms with van der Waals surface area (Å²) >= 11 is 0. The van der Waals surface area contributed by atoms with Crippen LogP contribution < -0.4 is 10.2 Å². The maximum absolute atomic E-state index is 12.5. The van der Waals surface area contributed by atoms with Gasteiger partial charge in [0.15, 0.2) is 0 Å². The lowest BCUT2D eigenvalue weighted by molar-refractivity contribution is -0.141. The summed E-state index contributed by atoms with van der Waals surface area (Å²) in [5.41, 5.74) is 2.02. The molecule has 0 aromatic heterocycles. The largest absolute Gasteiger partial charge is 0.481 e. The van der Waals surface area contributed by atoms with Crippen LogP contribution in [0.15, 0.2) is 54.6 Å².